The Morgan fingerprint density at radius 1 is 1.00 bits per heavy atom. The lowest BCUT2D eigenvalue weighted by molar-refractivity contribution is -0.122. The lowest BCUT2D eigenvalue weighted by atomic mass is 10.1. The number of aliphatic hydroxyl groups is 2. The molecule has 0 saturated heterocycles. The number of nitrogens with one attached hydrogen (secondary N) is 1. The molecule has 0 aliphatic rings. The Hall–Kier alpha value is -1.13. The number of hydrogen-bond donors (Lipinski definition) is 3. The number of unbranched alkanes of at least 4 members (excludes halogenated alkanes) is 6. The summed E-state index contributed by atoms with van der Waals surface area (Å²) in [5.41, 5.74) is 0. The number of allylic oxidation sites excluding steroid dienone is 3. The summed E-state index contributed by atoms with van der Waals surface area (Å²) >= 11 is 0. The summed E-state index contributed by atoms with van der Waals surface area (Å²) in [5, 5.41) is 21.7. The topological polar surface area (TPSA) is 69.6 Å². The van der Waals surface area contributed by atoms with Crippen molar-refractivity contribution in [3.63, 3.8) is 0 Å². The molecule has 0 rings (SSSR count). The van der Waals surface area contributed by atoms with Gasteiger partial charge < -0.3 is 15.5 Å². The zero-order valence-electron chi connectivity index (χ0n) is 14.8. The molecule has 134 valence electrons. The van der Waals surface area contributed by atoms with Crippen LogP contribution in [0.25, 0.3) is 0 Å². The third-order valence-corrected chi connectivity index (χ3v) is 3.75. The van der Waals surface area contributed by atoms with Gasteiger partial charge in [-0.2, -0.15) is 0 Å². The monoisotopic (exact) mass is 325 g/mol. The molecule has 0 spiro atoms. The van der Waals surface area contributed by atoms with Gasteiger partial charge in [0.2, 0.25) is 5.91 Å². The van der Waals surface area contributed by atoms with E-state index in [1.54, 1.807) is 13.0 Å². The number of hydrogen-bond acceptors (Lipinski definition) is 3. The van der Waals surface area contributed by atoms with Crippen molar-refractivity contribution in [2.24, 2.45) is 0 Å². The molecule has 0 aliphatic heterocycles. The molecule has 0 aliphatic carbocycles. The molecule has 0 radical (unpaired) electrons. The molecular weight excluding hydrogens is 290 g/mol. The number of carbonyl (C=O) groups is 1. The van der Waals surface area contributed by atoms with E-state index in [1.165, 1.54) is 32.1 Å². The van der Waals surface area contributed by atoms with Gasteiger partial charge in [0.15, 0.2) is 0 Å². The van der Waals surface area contributed by atoms with E-state index < -0.39 is 12.1 Å². The Labute approximate surface area is 141 Å². The van der Waals surface area contributed by atoms with Crippen molar-refractivity contribution in [3.05, 3.63) is 24.3 Å². The molecule has 0 heterocycles. The number of rotatable bonds is 14. The Morgan fingerprint density at radius 3 is 2.30 bits per heavy atom. The van der Waals surface area contributed by atoms with Crippen molar-refractivity contribution in [2.45, 2.75) is 83.8 Å². The normalized spacial score (nSPS) is 14.4. The fourth-order valence-corrected chi connectivity index (χ4v) is 2.21. The van der Waals surface area contributed by atoms with Gasteiger partial charge in [0.1, 0.15) is 0 Å². The molecule has 0 aromatic rings. The number of amides is 1. The fourth-order valence-electron chi connectivity index (χ4n) is 2.21. The van der Waals surface area contributed by atoms with Crippen molar-refractivity contribution in [2.75, 3.05) is 6.61 Å². The highest BCUT2D eigenvalue weighted by Crippen LogP contribution is 2.06. The van der Waals surface area contributed by atoms with E-state index >= 15 is 0 Å². The van der Waals surface area contributed by atoms with E-state index in [-0.39, 0.29) is 12.5 Å². The van der Waals surface area contributed by atoms with Gasteiger partial charge in [-0.15, -0.1) is 0 Å². The molecule has 0 saturated carbocycles. The maximum Gasteiger partial charge on any atom is 0.220 e. The van der Waals surface area contributed by atoms with E-state index in [9.17, 15) is 15.0 Å². The second-order valence-electron chi connectivity index (χ2n) is 5.88. The summed E-state index contributed by atoms with van der Waals surface area (Å²) in [6.45, 7) is 3.70. The van der Waals surface area contributed by atoms with Crippen LogP contribution in [-0.2, 0) is 4.79 Å². The van der Waals surface area contributed by atoms with Crippen LogP contribution in [0.5, 0.6) is 0 Å². The standard InChI is InChI=1S/C19H35NO3/c1-3-5-6-7-8-9-10-11-12-13-14-15-18(22)17(16-21)20-19(23)4-2/h10-11,14-15,17-18,21-22H,3-9,12-13,16H2,1-2H3,(H,20,23)/b11-10+,15-14+. The molecule has 0 fully saturated rings. The predicted octanol–water partition coefficient (Wildman–Crippen LogP) is 3.49. The molecular formula is C19H35NO3. The third kappa shape index (κ3) is 13.0. The molecule has 0 aromatic heterocycles. The van der Waals surface area contributed by atoms with Gasteiger partial charge in [0, 0.05) is 6.42 Å². The minimum absolute atomic E-state index is 0.168. The molecule has 4 heteroatoms. The Bertz CT molecular complexity index is 340. The lowest BCUT2D eigenvalue weighted by Gasteiger charge is -2.19. The smallest absolute Gasteiger partial charge is 0.220 e. The summed E-state index contributed by atoms with van der Waals surface area (Å²) < 4.78 is 0. The van der Waals surface area contributed by atoms with Crippen LogP contribution in [-0.4, -0.2) is 34.9 Å². The highest BCUT2D eigenvalue weighted by molar-refractivity contribution is 5.75. The number of carbonyl (C=O) groups excluding carboxylic acids is 1. The molecule has 2 atom stereocenters. The first-order valence-electron chi connectivity index (χ1n) is 9.05. The number of aliphatic hydroxyl groups excluding tert-OH is 2. The lowest BCUT2D eigenvalue weighted by Crippen LogP contribution is -2.44. The summed E-state index contributed by atoms with van der Waals surface area (Å²) in [6, 6.07) is -0.627. The minimum atomic E-state index is -0.849. The molecule has 0 bridgehead atoms. The van der Waals surface area contributed by atoms with Crippen LogP contribution in [0, 0.1) is 0 Å². The minimum Gasteiger partial charge on any atom is -0.394 e. The summed E-state index contributed by atoms with van der Waals surface area (Å²) in [6.07, 6.45) is 16.9. The first-order chi connectivity index (χ1) is 11.2. The van der Waals surface area contributed by atoms with Crippen molar-refractivity contribution in [3.8, 4) is 0 Å². The molecule has 2 unspecified atom stereocenters. The SMILES string of the molecule is CCCCCCC/C=C/CC/C=C/C(O)C(CO)NC(=O)CC. The highest BCUT2D eigenvalue weighted by atomic mass is 16.3. The van der Waals surface area contributed by atoms with Gasteiger partial charge in [0.05, 0.1) is 18.8 Å². The zero-order chi connectivity index (χ0) is 17.3. The van der Waals surface area contributed by atoms with Gasteiger partial charge in [-0.25, -0.2) is 0 Å². The van der Waals surface area contributed by atoms with Crippen LogP contribution < -0.4 is 5.32 Å². The summed E-state index contributed by atoms with van der Waals surface area (Å²) in [7, 11) is 0. The van der Waals surface area contributed by atoms with Crippen molar-refractivity contribution >= 4 is 5.91 Å². The largest absolute Gasteiger partial charge is 0.394 e. The molecule has 1 amide bonds. The van der Waals surface area contributed by atoms with Crippen LogP contribution in [0.1, 0.15) is 71.6 Å². The van der Waals surface area contributed by atoms with Crippen molar-refractivity contribution in [1.29, 1.82) is 0 Å². The Morgan fingerprint density at radius 2 is 1.65 bits per heavy atom. The van der Waals surface area contributed by atoms with Crippen LogP contribution in [0.3, 0.4) is 0 Å². The van der Waals surface area contributed by atoms with Gasteiger partial charge in [-0.3, -0.25) is 4.79 Å². The van der Waals surface area contributed by atoms with E-state index in [0.29, 0.717) is 6.42 Å². The van der Waals surface area contributed by atoms with Crippen LogP contribution in [0.15, 0.2) is 24.3 Å². The first-order valence-corrected chi connectivity index (χ1v) is 9.05. The predicted molar refractivity (Wildman–Crippen MR) is 96.2 cm³/mol. The summed E-state index contributed by atoms with van der Waals surface area (Å²) in [4.78, 5) is 11.3. The maximum absolute atomic E-state index is 11.3. The van der Waals surface area contributed by atoms with Gasteiger partial charge in [0.25, 0.3) is 0 Å². The van der Waals surface area contributed by atoms with Gasteiger partial charge in [-0.05, 0) is 25.7 Å². The zero-order valence-corrected chi connectivity index (χ0v) is 14.8. The Balaban J connectivity index is 3.76. The quantitative estimate of drug-likeness (QED) is 0.338. The van der Waals surface area contributed by atoms with E-state index in [0.717, 1.165) is 19.3 Å². The first kappa shape index (κ1) is 21.9. The van der Waals surface area contributed by atoms with Gasteiger partial charge >= 0.3 is 0 Å². The third-order valence-electron chi connectivity index (χ3n) is 3.75. The Kier molecular flexibility index (Phi) is 15.0. The maximum atomic E-state index is 11.3. The van der Waals surface area contributed by atoms with Crippen LogP contribution in [0.4, 0.5) is 0 Å². The van der Waals surface area contributed by atoms with Crippen LogP contribution >= 0.6 is 0 Å². The molecule has 0 aromatic carbocycles. The fraction of sp³-hybridized carbons (Fsp3) is 0.737. The average Bonchev–Trinajstić information content (AvgIpc) is 2.56. The highest BCUT2D eigenvalue weighted by Gasteiger charge is 2.16. The van der Waals surface area contributed by atoms with E-state index in [2.05, 4.69) is 24.4 Å². The van der Waals surface area contributed by atoms with Gasteiger partial charge in [-0.1, -0.05) is 63.8 Å². The second-order valence-corrected chi connectivity index (χ2v) is 5.88. The molecule has 23 heavy (non-hydrogen) atoms. The second kappa shape index (κ2) is 15.8. The van der Waals surface area contributed by atoms with Crippen LogP contribution in [0.2, 0.25) is 0 Å². The average molecular weight is 325 g/mol. The van der Waals surface area contributed by atoms with Crippen molar-refractivity contribution in [1.82, 2.24) is 5.32 Å². The summed E-state index contributed by atoms with van der Waals surface area (Å²) in [5.74, 6) is -0.168. The molecule has 4 nitrogen and oxygen atoms in total. The van der Waals surface area contributed by atoms with E-state index in [4.69, 9.17) is 0 Å². The molecule has 3 N–H and O–H groups in total. The van der Waals surface area contributed by atoms with Crippen molar-refractivity contribution < 1.29 is 15.0 Å². The van der Waals surface area contributed by atoms with E-state index in [1.807, 2.05) is 6.08 Å².